The fraction of sp³-hybridized carbons (Fsp3) is 0.133. The monoisotopic (exact) mass is 286 g/mol. The molecule has 6 heteroatoms. The van der Waals surface area contributed by atoms with Crippen LogP contribution in [0.3, 0.4) is 0 Å². The van der Waals surface area contributed by atoms with Crippen LogP contribution in [0.5, 0.6) is 5.75 Å². The molecule has 2 rings (SSSR count). The topological polar surface area (TPSA) is 88.5 Å². The second-order valence-corrected chi connectivity index (χ2v) is 4.12. The van der Waals surface area contributed by atoms with Gasteiger partial charge in [0.15, 0.2) is 0 Å². The van der Waals surface area contributed by atoms with Gasteiger partial charge < -0.3 is 15.2 Å². The summed E-state index contributed by atoms with van der Waals surface area (Å²) in [5.41, 5.74) is 0.232. The Kier molecular flexibility index (Phi) is 4.50. The van der Waals surface area contributed by atoms with Gasteiger partial charge in [0.1, 0.15) is 11.4 Å². The fourth-order valence-electron chi connectivity index (χ4n) is 1.78. The highest BCUT2D eigenvalue weighted by atomic mass is 16.5. The Labute approximate surface area is 121 Å². The number of hydrogen-bond acceptors (Lipinski definition) is 4. The van der Waals surface area contributed by atoms with Crippen molar-refractivity contribution in [3.63, 3.8) is 0 Å². The lowest BCUT2D eigenvalue weighted by atomic mass is 10.2. The molecule has 0 aliphatic heterocycles. The van der Waals surface area contributed by atoms with Gasteiger partial charge in [0.2, 0.25) is 0 Å². The molecule has 1 aromatic carbocycles. The molecule has 108 valence electrons. The van der Waals surface area contributed by atoms with Crippen LogP contribution < -0.4 is 10.1 Å². The van der Waals surface area contributed by atoms with Crippen LogP contribution in [0, 0.1) is 0 Å². The molecule has 0 aliphatic rings. The maximum Gasteiger partial charge on any atom is 0.338 e. The van der Waals surface area contributed by atoms with Gasteiger partial charge in [-0.15, -0.1) is 0 Å². The van der Waals surface area contributed by atoms with Crippen LogP contribution in [0.1, 0.15) is 27.8 Å². The van der Waals surface area contributed by atoms with Gasteiger partial charge in [0.05, 0.1) is 12.2 Å². The first-order valence-corrected chi connectivity index (χ1v) is 6.34. The summed E-state index contributed by atoms with van der Waals surface area (Å²) in [6.07, 6.45) is 1.37. The van der Waals surface area contributed by atoms with Crippen LogP contribution in [-0.2, 0) is 0 Å². The van der Waals surface area contributed by atoms with E-state index in [0.717, 1.165) is 0 Å². The minimum Gasteiger partial charge on any atom is -0.494 e. The Balaban J connectivity index is 2.22. The fourth-order valence-corrected chi connectivity index (χ4v) is 1.78. The standard InChI is InChI=1S/C15H14N2O4/c1-2-21-11-6-3-5-10(9-11)17-14(18)13-12(15(19)20)7-4-8-16-13/h3-9H,2H2,1H3,(H,17,18)(H,19,20). The lowest BCUT2D eigenvalue weighted by Gasteiger charge is -2.08. The van der Waals surface area contributed by atoms with Gasteiger partial charge >= 0.3 is 5.97 Å². The maximum atomic E-state index is 12.1. The highest BCUT2D eigenvalue weighted by Crippen LogP contribution is 2.18. The average molecular weight is 286 g/mol. The van der Waals surface area contributed by atoms with E-state index in [1.807, 2.05) is 6.92 Å². The number of nitrogens with zero attached hydrogens (tertiary/aromatic N) is 1. The third-order valence-electron chi connectivity index (χ3n) is 2.66. The molecule has 0 radical (unpaired) electrons. The zero-order valence-electron chi connectivity index (χ0n) is 11.4. The van der Waals surface area contributed by atoms with E-state index < -0.39 is 11.9 Å². The molecule has 6 nitrogen and oxygen atoms in total. The van der Waals surface area contributed by atoms with Crippen molar-refractivity contribution in [2.75, 3.05) is 11.9 Å². The molecule has 0 unspecified atom stereocenters. The molecule has 0 saturated heterocycles. The quantitative estimate of drug-likeness (QED) is 0.881. The smallest absolute Gasteiger partial charge is 0.338 e. The van der Waals surface area contributed by atoms with E-state index in [-0.39, 0.29) is 11.3 Å². The molecule has 0 saturated carbocycles. The lowest BCUT2D eigenvalue weighted by Crippen LogP contribution is -2.18. The Morgan fingerprint density at radius 2 is 2.10 bits per heavy atom. The Bertz CT molecular complexity index is 670. The van der Waals surface area contributed by atoms with E-state index in [1.165, 1.54) is 18.3 Å². The summed E-state index contributed by atoms with van der Waals surface area (Å²) < 4.78 is 5.33. The van der Waals surface area contributed by atoms with Crippen LogP contribution in [0.15, 0.2) is 42.6 Å². The molecule has 0 aliphatic carbocycles. The van der Waals surface area contributed by atoms with Crippen molar-refractivity contribution in [3.05, 3.63) is 53.9 Å². The van der Waals surface area contributed by atoms with Crippen molar-refractivity contribution in [1.82, 2.24) is 4.98 Å². The first-order valence-electron chi connectivity index (χ1n) is 6.34. The number of aromatic nitrogens is 1. The third-order valence-corrected chi connectivity index (χ3v) is 2.66. The van der Waals surface area contributed by atoms with Crippen molar-refractivity contribution >= 4 is 17.6 Å². The molecular weight excluding hydrogens is 272 g/mol. The number of benzene rings is 1. The minimum absolute atomic E-state index is 0.133. The number of carboxylic acid groups (broad SMARTS) is 1. The Hall–Kier alpha value is -2.89. The zero-order valence-corrected chi connectivity index (χ0v) is 11.4. The van der Waals surface area contributed by atoms with E-state index in [9.17, 15) is 9.59 Å². The summed E-state index contributed by atoms with van der Waals surface area (Å²) >= 11 is 0. The molecule has 1 heterocycles. The average Bonchev–Trinajstić information content (AvgIpc) is 2.48. The van der Waals surface area contributed by atoms with Gasteiger partial charge in [-0.3, -0.25) is 9.78 Å². The minimum atomic E-state index is -1.20. The highest BCUT2D eigenvalue weighted by Gasteiger charge is 2.17. The number of ether oxygens (including phenoxy) is 1. The van der Waals surface area contributed by atoms with Crippen LogP contribution in [0.25, 0.3) is 0 Å². The molecule has 0 fully saturated rings. The van der Waals surface area contributed by atoms with Crippen LogP contribution >= 0.6 is 0 Å². The maximum absolute atomic E-state index is 12.1. The number of hydrogen-bond donors (Lipinski definition) is 2. The summed E-state index contributed by atoms with van der Waals surface area (Å²) in [5.74, 6) is -1.16. The first-order chi connectivity index (χ1) is 10.1. The number of amides is 1. The van der Waals surface area contributed by atoms with Crippen molar-refractivity contribution < 1.29 is 19.4 Å². The van der Waals surface area contributed by atoms with Crippen LogP contribution in [0.2, 0.25) is 0 Å². The van der Waals surface area contributed by atoms with Crippen molar-refractivity contribution in [3.8, 4) is 5.75 Å². The molecule has 1 aromatic heterocycles. The van der Waals surface area contributed by atoms with Crippen LogP contribution in [-0.4, -0.2) is 28.6 Å². The predicted molar refractivity (Wildman–Crippen MR) is 76.8 cm³/mol. The Morgan fingerprint density at radius 1 is 1.29 bits per heavy atom. The molecule has 2 N–H and O–H groups in total. The molecule has 0 bridgehead atoms. The largest absolute Gasteiger partial charge is 0.494 e. The molecular formula is C15H14N2O4. The molecule has 21 heavy (non-hydrogen) atoms. The van der Waals surface area contributed by atoms with Gasteiger partial charge in [-0.25, -0.2) is 4.79 Å². The second-order valence-electron chi connectivity index (χ2n) is 4.12. The SMILES string of the molecule is CCOc1cccc(NC(=O)c2ncccc2C(=O)O)c1. The summed E-state index contributed by atoms with van der Waals surface area (Å²) in [6, 6.07) is 9.64. The van der Waals surface area contributed by atoms with E-state index >= 15 is 0 Å². The van der Waals surface area contributed by atoms with Gasteiger partial charge in [-0.05, 0) is 31.2 Å². The highest BCUT2D eigenvalue weighted by molar-refractivity contribution is 6.09. The first kappa shape index (κ1) is 14.5. The summed E-state index contributed by atoms with van der Waals surface area (Å²) in [6.45, 7) is 2.37. The van der Waals surface area contributed by atoms with E-state index in [1.54, 1.807) is 24.3 Å². The molecule has 0 atom stereocenters. The van der Waals surface area contributed by atoms with E-state index in [2.05, 4.69) is 10.3 Å². The third kappa shape index (κ3) is 3.56. The molecule has 0 spiro atoms. The normalized spacial score (nSPS) is 9.95. The number of pyridine rings is 1. The summed E-state index contributed by atoms with van der Waals surface area (Å²) in [7, 11) is 0. The number of aromatic carboxylic acids is 1. The van der Waals surface area contributed by atoms with Gasteiger partial charge in [-0.2, -0.15) is 0 Å². The van der Waals surface area contributed by atoms with E-state index in [4.69, 9.17) is 9.84 Å². The Morgan fingerprint density at radius 3 is 2.81 bits per heavy atom. The molecule has 2 aromatic rings. The number of rotatable bonds is 5. The number of carbonyl (C=O) groups is 2. The van der Waals surface area contributed by atoms with Gasteiger partial charge in [-0.1, -0.05) is 6.07 Å². The number of anilines is 1. The van der Waals surface area contributed by atoms with Gasteiger partial charge in [0.25, 0.3) is 5.91 Å². The van der Waals surface area contributed by atoms with E-state index in [0.29, 0.717) is 18.0 Å². The second kappa shape index (κ2) is 6.51. The zero-order chi connectivity index (χ0) is 15.2. The number of nitrogens with one attached hydrogen (secondary N) is 1. The lowest BCUT2D eigenvalue weighted by molar-refractivity contribution is 0.0691. The number of carboxylic acids is 1. The van der Waals surface area contributed by atoms with Gasteiger partial charge in [0, 0.05) is 18.0 Å². The van der Waals surface area contributed by atoms with Crippen LogP contribution in [0.4, 0.5) is 5.69 Å². The summed E-state index contributed by atoms with van der Waals surface area (Å²) in [5, 5.41) is 11.7. The van der Waals surface area contributed by atoms with Crippen molar-refractivity contribution in [2.24, 2.45) is 0 Å². The molecule has 1 amide bonds. The summed E-state index contributed by atoms with van der Waals surface area (Å²) in [4.78, 5) is 27.0. The number of carbonyl (C=O) groups excluding carboxylic acids is 1. The van der Waals surface area contributed by atoms with Crippen molar-refractivity contribution in [2.45, 2.75) is 6.92 Å². The predicted octanol–water partition coefficient (Wildman–Crippen LogP) is 2.43. The van der Waals surface area contributed by atoms with Crippen molar-refractivity contribution in [1.29, 1.82) is 0 Å².